The maximum absolute atomic E-state index is 10.8. The Morgan fingerprint density at radius 1 is 1.46 bits per heavy atom. The molecule has 0 saturated carbocycles. The number of ether oxygens (including phenoxy) is 1. The average molecular weight is 186 g/mol. The molecule has 0 amide bonds. The summed E-state index contributed by atoms with van der Waals surface area (Å²) in [6, 6.07) is 0. The van der Waals surface area contributed by atoms with Crippen LogP contribution in [0.5, 0.6) is 0 Å². The molecule has 0 aromatic rings. The smallest absolute Gasteiger partial charge is 0.303 e. The third kappa shape index (κ3) is 4.91. The van der Waals surface area contributed by atoms with Gasteiger partial charge in [0.05, 0.1) is 0 Å². The summed E-state index contributed by atoms with van der Waals surface area (Å²) < 4.78 is 5.26. The molecule has 0 heterocycles. The van der Waals surface area contributed by atoms with Crippen LogP contribution in [0.25, 0.3) is 0 Å². The zero-order chi connectivity index (χ0) is 10.5. The monoisotopic (exact) mass is 186 g/mol. The summed E-state index contributed by atoms with van der Waals surface area (Å²) in [5.74, 6) is 0.240. The molecule has 0 fully saturated rings. The Morgan fingerprint density at radius 2 is 2.00 bits per heavy atom. The summed E-state index contributed by atoms with van der Waals surface area (Å²) >= 11 is 0. The molecule has 0 saturated heterocycles. The van der Waals surface area contributed by atoms with Gasteiger partial charge in [-0.1, -0.05) is 26.7 Å². The SMILES string of the molecule is CCCCC(C)C(C)(C)OC(C)=O. The van der Waals surface area contributed by atoms with Gasteiger partial charge in [0, 0.05) is 6.92 Å². The minimum absolute atomic E-state index is 0.187. The van der Waals surface area contributed by atoms with Crippen LogP contribution in [-0.4, -0.2) is 11.6 Å². The molecule has 2 nitrogen and oxygen atoms in total. The van der Waals surface area contributed by atoms with E-state index in [2.05, 4.69) is 13.8 Å². The molecule has 78 valence electrons. The predicted molar refractivity (Wildman–Crippen MR) is 54.5 cm³/mol. The van der Waals surface area contributed by atoms with E-state index in [1.54, 1.807) is 0 Å². The minimum atomic E-state index is -0.318. The average Bonchev–Trinajstić information content (AvgIpc) is 1.97. The van der Waals surface area contributed by atoms with Gasteiger partial charge in [0.15, 0.2) is 0 Å². The van der Waals surface area contributed by atoms with E-state index in [0.29, 0.717) is 5.92 Å². The van der Waals surface area contributed by atoms with E-state index in [0.717, 1.165) is 6.42 Å². The van der Waals surface area contributed by atoms with Gasteiger partial charge in [-0.25, -0.2) is 0 Å². The second-order valence-electron chi connectivity index (χ2n) is 4.24. The Balaban J connectivity index is 4.01. The second kappa shape index (κ2) is 5.25. The summed E-state index contributed by atoms with van der Waals surface area (Å²) in [6.07, 6.45) is 3.52. The van der Waals surface area contributed by atoms with E-state index in [1.807, 2.05) is 13.8 Å². The van der Waals surface area contributed by atoms with Crippen molar-refractivity contribution < 1.29 is 9.53 Å². The third-order valence-electron chi connectivity index (χ3n) is 2.58. The van der Waals surface area contributed by atoms with Crippen molar-refractivity contribution in [3.05, 3.63) is 0 Å². The highest BCUT2D eigenvalue weighted by Gasteiger charge is 2.28. The molecule has 0 radical (unpaired) electrons. The van der Waals surface area contributed by atoms with Crippen LogP contribution in [0.3, 0.4) is 0 Å². The fourth-order valence-electron chi connectivity index (χ4n) is 1.33. The highest BCUT2D eigenvalue weighted by atomic mass is 16.6. The fraction of sp³-hybridized carbons (Fsp3) is 0.909. The van der Waals surface area contributed by atoms with E-state index in [4.69, 9.17) is 4.74 Å². The summed E-state index contributed by atoms with van der Waals surface area (Å²) in [7, 11) is 0. The summed E-state index contributed by atoms with van der Waals surface area (Å²) in [5.41, 5.74) is -0.318. The Kier molecular flexibility index (Phi) is 5.04. The Labute approximate surface area is 81.7 Å². The molecule has 0 aliphatic heterocycles. The van der Waals surface area contributed by atoms with Crippen LogP contribution in [0, 0.1) is 5.92 Å². The Bertz CT molecular complexity index is 161. The Hall–Kier alpha value is -0.530. The highest BCUT2D eigenvalue weighted by Crippen LogP contribution is 2.25. The molecule has 13 heavy (non-hydrogen) atoms. The van der Waals surface area contributed by atoms with Crippen molar-refractivity contribution in [1.82, 2.24) is 0 Å². The molecule has 0 aliphatic rings. The van der Waals surface area contributed by atoms with Crippen LogP contribution >= 0.6 is 0 Å². The summed E-state index contributed by atoms with van der Waals surface area (Å²) in [4.78, 5) is 10.8. The first-order valence-electron chi connectivity index (χ1n) is 5.09. The van der Waals surface area contributed by atoms with Crippen molar-refractivity contribution in [2.75, 3.05) is 0 Å². The van der Waals surface area contributed by atoms with Crippen LogP contribution in [-0.2, 0) is 9.53 Å². The molecular formula is C11H22O2. The minimum Gasteiger partial charge on any atom is -0.460 e. The van der Waals surface area contributed by atoms with Gasteiger partial charge in [-0.05, 0) is 26.2 Å². The van der Waals surface area contributed by atoms with Crippen LogP contribution in [0.2, 0.25) is 0 Å². The van der Waals surface area contributed by atoms with Crippen molar-refractivity contribution in [2.45, 2.75) is 59.5 Å². The number of esters is 1. The van der Waals surface area contributed by atoms with E-state index in [1.165, 1.54) is 19.8 Å². The lowest BCUT2D eigenvalue weighted by Gasteiger charge is -2.31. The van der Waals surface area contributed by atoms with Gasteiger partial charge in [-0.2, -0.15) is 0 Å². The second-order valence-corrected chi connectivity index (χ2v) is 4.24. The van der Waals surface area contributed by atoms with Crippen LogP contribution in [0.1, 0.15) is 53.9 Å². The third-order valence-corrected chi connectivity index (χ3v) is 2.58. The lowest BCUT2D eigenvalue weighted by Crippen LogP contribution is -2.34. The van der Waals surface area contributed by atoms with Gasteiger partial charge in [-0.3, -0.25) is 4.79 Å². The summed E-state index contributed by atoms with van der Waals surface area (Å²) in [5, 5.41) is 0. The van der Waals surface area contributed by atoms with Crippen LogP contribution in [0.4, 0.5) is 0 Å². The predicted octanol–water partition coefficient (Wildman–Crippen LogP) is 3.15. The van der Waals surface area contributed by atoms with Crippen LogP contribution < -0.4 is 0 Å². The number of hydrogen-bond donors (Lipinski definition) is 0. The van der Waals surface area contributed by atoms with E-state index in [9.17, 15) is 4.79 Å². The fourth-order valence-corrected chi connectivity index (χ4v) is 1.33. The van der Waals surface area contributed by atoms with Gasteiger partial charge in [-0.15, -0.1) is 0 Å². The topological polar surface area (TPSA) is 26.3 Å². The van der Waals surface area contributed by atoms with Gasteiger partial charge < -0.3 is 4.74 Å². The van der Waals surface area contributed by atoms with E-state index < -0.39 is 0 Å². The first-order valence-corrected chi connectivity index (χ1v) is 5.09. The number of carbonyl (C=O) groups is 1. The molecule has 1 unspecified atom stereocenters. The van der Waals surface area contributed by atoms with Gasteiger partial charge in [0.25, 0.3) is 0 Å². The standard InChI is InChI=1S/C11H22O2/c1-6-7-8-9(2)11(4,5)13-10(3)12/h9H,6-8H2,1-5H3. The number of carbonyl (C=O) groups excluding carboxylic acids is 1. The maximum Gasteiger partial charge on any atom is 0.303 e. The number of rotatable bonds is 5. The quantitative estimate of drug-likeness (QED) is 0.616. The van der Waals surface area contributed by atoms with Crippen molar-refractivity contribution in [2.24, 2.45) is 5.92 Å². The lowest BCUT2D eigenvalue weighted by atomic mass is 9.88. The first-order chi connectivity index (χ1) is 5.90. The zero-order valence-corrected chi connectivity index (χ0v) is 9.52. The normalized spacial score (nSPS) is 13.9. The molecule has 1 atom stereocenters. The molecular weight excluding hydrogens is 164 g/mol. The Morgan fingerprint density at radius 3 is 2.38 bits per heavy atom. The largest absolute Gasteiger partial charge is 0.460 e. The highest BCUT2D eigenvalue weighted by molar-refractivity contribution is 5.66. The van der Waals surface area contributed by atoms with E-state index >= 15 is 0 Å². The molecule has 2 heteroatoms. The van der Waals surface area contributed by atoms with Gasteiger partial charge in [0.1, 0.15) is 5.60 Å². The zero-order valence-electron chi connectivity index (χ0n) is 9.52. The van der Waals surface area contributed by atoms with Crippen molar-refractivity contribution in [3.63, 3.8) is 0 Å². The number of hydrogen-bond acceptors (Lipinski definition) is 2. The maximum atomic E-state index is 10.8. The van der Waals surface area contributed by atoms with Crippen molar-refractivity contribution in [1.29, 1.82) is 0 Å². The molecule has 0 N–H and O–H groups in total. The van der Waals surface area contributed by atoms with Gasteiger partial charge in [0.2, 0.25) is 0 Å². The molecule has 0 aromatic heterocycles. The van der Waals surface area contributed by atoms with Crippen LogP contribution in [0.15, 0.2) is 0 Å². The molecule has 0 rings (SSSR count). The summed E-state index contributed by atoms with van der Waals surface area (Å²) in [6.45, 7) is 9.74. The number of unbranched alkanes of at least 4 members (excludes halogenated alkanes) is 1. The molecule has 0 aromatic carbocycles. The van der Waals surface area contributed by atoms with Crippen molar-refractivity contribution >= 4 is 5.97 Å². The molecule has 0 bridgehead atoms. The first kappa shape index (κ1) is 12.5. The van der Waals surface area contributed by atoms with Crippen molar-refractivity contribution in [3.8, 4) is 0 Å². The molecule has 0 aliphatic carbocycles. The lowest BCUT2D eigenvalue weighted by molar-refractivity contribution is -0.158. The van der Waals surface area contributed by atoms with Gasteiger partial charge >= 0.3 is 5.97 Å². The van der Waals surface area contributed by atoms with E-state index in [-0.39, 0.29) is 11.6 Å². The molecule has 0 spiro atoms.